The average Bonchev–Trinajstić information content (AvgIpc) is 3.04. The minimum Gasteiger partial charge on any atom is -0.386 e. The summed E-state index contributed by atoms with van der Waals surface area (Å²) < 4.78 is 0. The van der Waals surface area contributed by atoms with Crippen LogP contribution in [0.3, 0.4) is 0 Å². The first-order valence-corrected chi connectivity index (χ1v) is 7.97. The Kier molecular flexibility index (Phi) is 5.60. The van der Waals surface area contributed by atoms with E-state index in [1.165, 1.54) is 23.6 Å². The average molecular weight is 326 g/mol. The van der Waals surface area contributed by atoms with Gasteiger partial charge in [-0.2, -0.15) is 0 Å². The lowest BCUT2D eigenvalue weighted by Crippen LogP contribution is -1.92. The van der Waals surface area contributed by atoms with Crippen molar-refractivity contribution >= 4 is 40.0 Å². The minimum atomic E-state index is 0.0121. The molecule has 23 heavy (non-hydrogen) atoms. The third-order valence-corrected chi connectivity index (χ3v) is 4.33. The summed E-state index contributed by atoms with van der Waals surface area (Å²) in [7, 11) is 1.92. The van der Waals surface area contributed by atoms with Gasteiger partial charge in [0.1, 0.15) is 0 Å². The number of rotatable bonds is 3. The standard InChI is InChI=1S/C11H12N2.C7H6O2S/c1-8-6-7-9-4-3-5-10(12-2)11(9)13-8;1-5(9)7-3-2-6(4-8)10-7/h3-7,12H,1-2H3;2-4H,1H3. The maximum Gasteiger partial charge on any atom is 0.169 e. The fourth-order valence-electron chi connectivity index (χ4n) is 2.05. The van der Waals surface area contributed by atoms with Crippen molar-refractivity contribution in [3.8, 4) is 0 Å². The van der Waals surface area contributed by atoms with Crippen molar-refractivity contribution < 1.29 is 9.59 Å². The number of hydrogen-bond donors (Lipinski definition) is 1. The van der Waals surface area contributed by atoms with Crippen LogP contribution in [0, 0.1) is 6.92 Å². The molecule has 0 unspecified atom stereocenters. The number of pyridine rings is 1. The Labute approximate surface area is 139 Å². The number of nitrogens with zero attached hydrogens (tertiary/aromatic N) is 1. The van der Waals surface area contributed by atoms with Crippen molar-refractivity contribution in [2.75, 3.05) is 12.4 Å². The maximum atomic E-state index is 10.7. The summed E-state index contributed by atoms with van der Waals surface area (Å²) in [5.41, 5.74) is 3.18. The molecule has 0 aliphatic rings. The number of aromatic nitrogens is 1. The van der Waals surface area contributed by atoms with Gasteiger partial charge in [-0.25, -0.2) is 0 Å². The second-order valence-corrected chi connectivity index (χ2v) is 6.07. The Morgan fingerprint density at radius 1 is 1.17 bits per heavy atom. The quantitative estimate of drug-likeness (QED) is 0.574. The highest BCUT2D eigenvalue weighted by atomic mass is 32.1. The zero-order valence-electron chi connectivity index (χ0n) is 13.3. The van der Waals surface area contributed by atoms with E-state index < -0.39 is 0 Å². The Morgan fingerprint density at radius 3 is 2.52 bits per heavy atom. The molecular weight excluding hydrogens is 308 g/mol. The van der Waals surface area contributed by atoms with Gasteiger partial charge in [0.2, 0.25) is 0 Å². The second-order valence-electron chi connectivity index (χ2n) is 4.96. The molecule has 0 bridgehead atoms. The summed E-state index contributed by atoms with van der Waals surface area (Å²) in [6.07, 6.45) is 0.747. The third kappa shape index (κ3) is 4.23. The molecule has 0 spiro atoms. The van der Waals surface area contributed by atoms with Gasteiger partial charge in [0.25, 0.3) is 0 Å². The number of nitrogens with one attached hydrogen (secondary N) is 1. The normalized spacial score (nSPS) is 9.87. The summed E-state index contributed by atoms with van der Waals surface area (Å²) in [4.78, 5) is 26.5. The molecule has 1 N–H and O–H groups in total. The van der Waals surface area contributed by atoms with Crippen LogP contribution in [-0.2, 0) is 0 Å². The zero-order valence-corrected chi connectivity index (χ0v) is 14.1. The first kappa shape index (κ1) is 16.8. The zero-order chi connectivity index (χ0) is 16.8. The number of hydrogen-bond acceptors (Lipinski definition) is 5. The van der Waals surface area contributed by atoms with Gasteiger partial charge in [0.05, 0.1) is 21.0 Å². The second kappa shape index (κ2) is 7.65. The predicted octanol–water partition coefficient (Wildman–Crippen LogP) is 4.35. The molecule has 1 aromatic carbocycles. The molecule has 0 atom stereocenters. The van der Waals surface area contributed by atoms with Crippen LogP contribution in [0.5, 0.6) is 0 Å². The van der Waals surface area contributed by atoms with E-state index in [9.17, 15) is 9.59 Å². The Morgan fingerprint density at radius 2 is 1.96 bits per heavy atom. The largest absolute Gasteiger partial charge is 0.386 e. The highest BCUT2D eigenvalue weighted by molar-refractivity contribution is 7.15. The summed E-state index contributed by atoms with van der Waals surface area (Å²) in [5.74, 6) is 0.0121. The predicted molar refractivity (Wildman–Crippen MR) is 95.7 cm³/mol. The molecule has 0 amide bonds. The van der Waals surface area contributed by atoms with Gasteiger partial charge in [0, 0.05) is 18.1 Å². The summed E-state index contributed by atoms with van der Waals surface area (Å²) >= 11 is 1.22. The fraction of sp³-hybridized carbons (Fsp3) is 0.167. The molecule has 5 heteroatoms. The third-order valence-electron chi connectivity index (χ3n) is 3.22. The number of aryl methyl sites for hydroxylation is 1. The summed E-state index contributed by atoms with van der Waals surface area (Å²) in [5, 5.41) is 4.31. The van der Waals surface area contributed by atoms with Crippen molar-refractivity contribution in [3.63, 3.8) is 0 Å². The summed E-state index contributed by atoms with van der Waals surface area (Å²) in [6.45, 7) is 3.49. The van der Waals surface area contributed by atoms with E-state index in [1.54, 1.807) is 12.1 Å². The number of thiophene rings is 1. The number of Topliss-reactive ketones (excluding diaryl/α,β-unsaturated/α-hetero) is 1. The topological polar surface area (TPSA) is 59.1 Å². The molecule has 3 aromatic rings. The Bertz CT molecular complexity index is 840. The fourth-order valence-corrected chi connectivity index (χ4v) is 2.77. The molecule has 0 aliphatic heterocycles. The number of anilines is 1. The number of carbonyl (C=O) groups excluding carboxylic acids is 2. The van der Waals surface area contributed by atoms with Crippen LogP contribution in [0.1, 0.15) is 32.0 Å². The molecule has 3 rings (SSSR count). The first-order valence-electron chi connectivity index (χ1n) is 7.15. The van der Waals surface area contributed by atoms with E-state index in [4.69, 9.17) is 0 Å². The first-order chi connectivity index (χ1) is 11.0. The molecular formula is C18H18N2O2S. The van der Waals surface area contributed by atoms with Crippen LogP contribution in [0.15, 0.2) is 42.5 Å². The molecule has 0 aliphatic carbocycles. The van der Waals surface area contributed by atoms with Gasteiger partial charge < -0.3 is 5.32 Å². The van der Waals surface area contributed by atoms with Crippen LogP contribution >= 0.6 is 11.3 Å². The molecule has 0 saturated heterocycles. The number of ketones is 1. The number of para-hydroxylation sites is 1. The van der Waals surface area contributed by atoms with Crippen molar-refractivity contribution in [1.29, 1.82) is 0 Å². The summed E-state index contributed by atoms with van der Waals surface area (Å²) in [6, 6.07) is 13.6. The van der Waals surface area contributed by atoms with Crippen LogP contribution in [0.4, 0.5) is 5.69 Å². The highest BCUT2D eigenvalue weighted by Crippen LogP contribution is 2.20. The highest BCUT2D eigenvalue weighted by Gasteiger charge is 2.02. The Hall–Kier alpha value is -2.53. The monoisotopic (exact) mass is 326 g/mol. The molecule has 2 heterocycles. The minimum absolute atomic E-state index is 0.0121. The molecule has 0 radical (unpaired) electrons. The number of benzene rings is 1. The lowest BCUT2D eigenvalue weighted by molar-refractivity contribution is 0.102. The van der Waals surface area contributed by atoms with E-state index in [2.05, 4.69) is 22.4 Å². The molecule has 118 valence electrons. The van der Waals surface area contributed by atoms with E-state index in [1.807, 2.05) is 32.2 Å². The van der Waals surface area contributed by atoms with Gasteiger partial charge >= 0.3 is 0 Å². The van der Waals surface area contributed by atoms with Crippen molar-refractivity contribution in [2.24, 2.45) is 0 Å². The number of fused-ring (bicyclic) bond motifs is 1. The van der Waals surface area contributed by atoms with Crippen LogP contribution < -0.4 is 5.32 Å². The van der Waals surface area contributed by atoms with E-state index >= 15 is 0 Å². The van der Waals surface area contributed by atoms with E-state index in [-0.39, 0.29) is 5.78 Å². The van der Waals surface area contributed by atoms with Gasteiger partial charge in [-0.05, 0) is 38.1 Å². The SMILES string of the molecule is CC(=O)c1ccc(C=O)s1.CNc1cccc2ccc(C)nc12. The molecule has 2 aromatic heterocycles. The Balaban J connectivity index is 0.000000174. The van der Waals surface area contributed by atoms with Crippen molar-refractivity contribution in [2.45, 2.75) is 13.8 Å². The molecule has 4 nitrogen and oxygen atoms in total. The van der Waals surface area contributed by atoms with Crippen molar-refractivity contribution in [3.05, 3.63) is 57.9 Å². The van der Waals surface area contributed by atoms with Crippen LogP contribution in [0.2, 0.25) is 0 Å². The molecule has 0 fully saturated rings. The van der Waals surface area contributed by atoms with Crippen LogP contribution in [0.25, 0.3) is 10.9 Å². The van der Waals surface area contributed by atoms with Crippen molar-refractivity contribution in [1.82, 2.24) is 4.98 Å². The van der Waals surface area contributed by atoms with Gasteiger partial charge in [-0.15, -0.1) is 11.3 Å². The lowest BCUT2D eigenvalue weighted by atomic mass is 10.2. The smallest absolute Gasteiger partial charge is 0.169 e. The van der Waals surface area contributed by atoms with Gasteiger partial charge in [0.15, 0.2) is 12.1 Å². The van der Waals surface area contributed by atoms with Crippen LogP contribution in [-0.4, -0.2) is 24.1 Å². The van der Waals surface area contributed by atoms with E-state index in [0.717, 1.165) is 23.2 Å². The van der Waals surface area contributed by atoms with Gasteiger partial charge in [-0.1, -0.05) is 18.2 Å². The van der Waals surface area contributed by atoms with Gasteiger partial charge in [-0.3, -0.25) is 14.6 Å². The maximum absolute atomic E-state index is 10.7. The number of carbonyl (C=O) groups is 2. The molecule has 0 saturated carbocycles. The number of aldehydes is 1. The van der Waals surface area contributed by atoms with E-state index in [0.29, 0.717) is 9.75 Å². The lowest BCUT2D eigenvalue weighted by Gasteiger charge is -2.04.